The van der Waals surface area contributed by atoms with Gasteiger partial charge in [0.1, 0.15) is 11.5 Å². The lowest BCUT2D eigenvalue weighted by Gasteiger charge is -2.10. The predicted octanol–water partition coefficient (Wildman–Crippen LogP) is 5.39. The van der Waals surface area contributed by atoms with Gasteiger partial charge in [-0.25, -0.2) is 0 Å². The molecule has 0 saturated heterocycles. The molecular weight excluding hydrogens is 298 g/mol. The molecular formula is C21H21NO2. The molecule has 0 aromatic heterocycles. The second-order valence-electron chi connectivity index (χ2n) is 5.32. The maximum Gasteiger partial charge on any atom is 0.128 e. The molecule has 0 spiro atoms. The Bertz CT molecular complexity index is 838. The third-order valence-corrected chi connectivity index (χ3v) is 3.72. The molecule has 0 atom stereocenters. The lowest BCUT2D eigenvalue weighted by Crippen LogP contribution is -1.97. The van der Waals surface area contributed by atoms with E-state index in [-0.39, 0.29) is 0 Å². The summed E-state index contributed by atoms with van der Waals surface area (Å²) in [6.45, 7) is 5.25. The first-order valence-corrected chi connectivity index (χ1v) is 8.23. The summed E-state index contributed by atoms with van der Waals surface area (Å²) in [4.78, 5) is 4.61. The van der Waals surface area contributed by atoms with E-state index in [9.17, 15) is 0 Å². The van der Waals surface area contributed by atoms with E-state index < -0.39 is 0 Å². The number of aliphatic imine (C=N–C) groups is 1. The summed E-state index contributed by atoms with van der Waals surface area (Å²) in [5.41, 5.74) is 1.89. The topological polar surface area (TPSA) is 30.8 Å². The molecule has 0 unspecified atom stereocenters. The van der Waals surface area contributed by atoms with Crippen LogP contribution in [0.2, 0.25) is 0 Å². The van der Waals surface area contributed by atoms with E-state index in [1.165, 1.54) is 5.39 Å². The summed E-state index contributed by atoms with van der Waals surface area (Å²) in [6, 6.07) is 20.1. The predicted molar refractivity (Wildman–Crippen MR) is 100.0 cm³/mol. The van der Waals surface area contributed by atoms with Crippen LogP contribution in [-0.4, -0.2) is 19.4 Å². The van der Waals surface area contributed by atoms with Crippen LogP contribution in [0.15, 0.2) is 65.7 Å². The molecule has 122 valence electrons. The molecule has 0 radical (unpaired) electrons. The summed E-state index contributed by atoms with van der Waals surface area (Å²) in [5, 5.41) is 2.31. The molecule has 3 rings (SSSR count). The zero-order valence-electron chi connectivity index (χ0n) is 14.0. The number of benzene rings is 3. The molecule has 0 bridgehead atoms. The van der Waals surface area contributed by atoms with Crippen LogP contribution in [0, 0.1) is 0 Å². The third-order valence-electron chi connectivity index (χ3n) is 3.72. The molecule has 0 N–H and O–H groups in total. The standard InChI is InChI=1S/C21H21NO2/c1-3-23-18-12-10-17(11-13-18)22-15-20-19-8-6-5-7-16(19)9-14-21(20)24-4-2/h5-15H,3-4H2,1-2H3/b22-15+. The first-order chi connectivity index (χ1) is 11.8. The van der Waals surface area contributed by atoms with Gasteiger partial charge in [0.05, 0.1) is 18.9 Å². The fraction of sp³-hybridized carbons (Fsp3) is 0.190. The Balaban J connectivity index is 1.96. The molecule has 3 nitrogen and oxygen atoms in total. The van der Waals surface area contributed by atoms with Gasteiger partial charge in [-0.3, -0.25) is 4.99 Å². The number of rotatable bonds is 6. The maximum absolute atomic E-state index is 5.77. The molecule has 3 heteroatoms. The van der Waals surface area contributed by atoms with Crippen LogP contribution in [0.1, 0.15) is 19.4 Å². The van der Waals surface area contributed by atoms with Crippen molar-refractivity contribution in [2.45, 2.75) is 13.8 Å². The van der Waals surface area contributed by atoms with Crippen molar-refractivity contribution in [3.05, 3.63) is 66.2 Å². The normalized spacial score (nSPS) is 11.1. The van der Waals surface area contributed by atoms with Gasteiger partial charge in [0.25, 0.3) is 0 Å². The van der Waals surface area contributed by atoms with Gasteiger partial charge in [-0.05, 0) is 55.0 Å². The molecule has 0 aliphatic heterocycles. The van der Waals surface area contributed by atoms with E-state index >= 15 is 0 Å². The third kappa shape index (κ3) is 3.57. The van der Waals surface area contributed by atoms with Crippen molar-refractivity contribution in [3.8, 4) is 11.5 Å². The molecule has 3 aromatic carbocycles. The van der Waals surface area contributed by atoms with E-state index in [1.807, 2.05) is 62.5 Å². The number of hydrogen-bond acceptors (Lipinski definition) is 3. The van der Waals surface area contributed by atoms with Gasteiger partial charge in [0.15, 0.2) is 0 Å². The van der Waals surface area contributed by atoms with Crippen molar-refractivity contribution in [3.63, 3.8) is 0 Å². The van der Waals surface area contributed by atoms with Crippen LogP contribution in [0.5, 0.6) is 11.5 Å². The minimum absolute atomic E-state index is 0.627. The molecule has 3 aromatic rings. The Hall–Kier alpha value is -2.81. The Morgan fingerprint density at radius 2 is 1.58 bits per heavy atom. The summed E-state index contributed by atoms with van der Waals surface area (Å²) < 4.78 is 11.2. The number of fused-ring (bicyclic) bond motifs is 1. The fourth-order valence-electron chi connectivity index (χ4n) is 2.62. The molecule has 0 fully saturated rings. The molecule has 0 aliphatic rings. The zero-order valence-corrected chi connectivity index (χ0v) is 14.0. The first-order valence-electron chi connectivity index (χ1n) is 8.23. The van der Waals surface area contributed by atoms with Crippen LogP contribution < -0.4 is 9.47 Å². The van der Waals surface area contributed by atoms with Gasteiger partial charge in [-0.1, -0.05) is 30.3 Å². The summed E-state index contributed by atoms with van der Waals surface area (Å²) in [7, 11) is 0. The average Bonchev–Trinajstić information content (AvgIpc) is 2.62. The minimum Gasteiger partial charge on any atom is -0.494 e. The van der Waals surface area contributed by atoms with Gasteiger partial charge in [-0.2, -0.15) is 0 Å². The van der Waals surface area contributed by atoms with Gasteiger partial charge >= 0.3 is 0 Å². The van der Waals surface area contributed by atoms with Gasteiger partial charge in [0.2, 0.25) is 0 Å². The largest absolute Gasteiger partial charge is 0.494 e. The minimum atomic E-state index is 0.627. The van der Waals surface area contributed by atoms with Crippen molar-refractivity contribution >= 4 is 22.7 Å². The van der Waals surface area contributed by atoms with Crippen LogP contribution in [-0.2, 0) is 0 Å². The lowest BCUT2D eigenvalue weighted by atomic mass is 10.0. The van der Waals surface area contributed by atoms with Crippen molar-refractivity contribution in [1.29, 1.82) is 0 Å². The smallest absolute Gasteiger partial charge is 0.128 e. The van der Waals surface area contributed by atoms with Crippen LogP contribution in [0.3, 0.4) is 0 Å². The lowest BCUT2D eigenvalue weighted by molar-refractivity contribution is 0.340. The highest BCUT2D eigenvalue weighted by Gasteiger charge is 2.06. The summed E-state index contributed by atoms with van der Waals surface area (Å²) >= 11 is 0. The van der Waals surface area contributed by atoms with Crippen molar-refractivity contribution < 1.29 is 9.47 Å². The van der Waals surface area contributed by atoms with E-state index in [2.05, 4.69) is 23.2 Å². The first kappa shape index (κ1) is 16.1. The van der Waals surface area contributed by atoms with Crippen LogP contribution in [0.25, 0.3) is 10.8 Å². The van der Waals surface area contributed by atoms with Crippen molar-refractivity contribution in [2.24, 2.45) is 4.99 Å². The summed E-state index contributed by atoms with van der Waals surface area (Å²) in [5.74, 6) is 1.71. The van der Waals surface area contributed by atoms with Gasteiger partial charge in [0, 0.05) is 11.8 Å². The maximum atomic E-state index is 5.77. The molecule has 24 heavy (non-hydrogen) atoms. The monoisotopic (exact) mass is 319 g/mol. The van der Waals surface area contributed by atoms with Crippen molar-refractivity contribution in [1.82, 2.24) is 0 Å². The Labute approximate surface area is 142 Å². The highest BCUT2D eigenvalue weighted by Crippen LogP contribution is 2.27. The molecule has 0 amide bonds. The summed E-state index contributed by atoms with van der Waals surface area (Å²) in [6.07, 6.45) is 1.88. The average molecular weight is 319 g/mol. The second-order valence-corrected chi connectivity index (χ2v) is 5.32. The highest BCUT2D eigenvalue weighted by atomic mass is 16.5. The van der Waals surface area contributed by atoms with E-state index in [0.717, 1.165) is 28.1 Å². The molecule has 0 aliphatic carbocycles. The highest BCUT2D eigenvalue weighted by molar-refractivity contribution is 6.03. The zero-order chi connectivity index (χ0) is 16.8. The van der Waals surface area contributed by atoms with Crippen molar-refractivity contribution in [2.75, 3.05) is 13.2 Å². The van der Waals surface area contributed by atoms with Gasteiger partial charge < -0.3 is 9.47 Å². The molecule has 0 heterocycles. The Morgan fingerprint density at radius 3 is 2.33 bits per heavy atom. The quantitative estimate of drug-likeness (QED) is 0.570. The second kappa shape index (κ2) is 7.64. The van der Waals surface area contributed by atoms with E-state index in [1.54, 1.807) is 0 Å². The number of nitrogens with zero attached hydrogens (tertiary/aromatic N) is 1. The Morgan fingerprint density at radius 1 is 0.833 bits per heavy atom. The van der Waals surface area contributed by atoms with Crippen LogP contribution in [0.4, 0.5) is 5.69 Å². The SMILES string of the molecule is CCOc1ccc(/N=C/c2c(OCC)ccc3ccccc23)cc1. The number of hydrogen-bond donors (Lipinski definition) is 0. The van der Waals surface area contributed by atoms with E-state index in [0.29, 0.717) is 13.2 Å². The molecule has 0 saturated carbocycles. The van der Waals surface area contributed by atoms with Gasteiger partial charge in [-0.15, -0.1) is 0 Å². The van der Waals surface area contributed by atoms with E-state index in [4.69, 9.17) is 9.47 Å². The van der Waals surface area contributed by atoms with Crippen LogP contribution >= 0.6 is 0 Å². The Kier molecular flexibility index (Phi) is 5.12. The fourth-order valence-corrected chi connectivity index (χ4v) is 2.62. The number of ether oxygens (including phenoxy) is 2.